The van der Waals surface area contributed by atoms with Crippen molar-refractivity contribution < 1.29 is 18.0 Å². The van der Waals surface area contributed by atoms with Crippen molar-refractivity contribution in [2.24, 2.45) is 0 Å². The standard InChI is InChI=1S/C28H30BrCl2N3O4S/c1-3-16-32-28(36)26(4-2)33(18-20-10-15-24(30)25(31)17-20)27(35)19-34(22-13-11-21(29)12-14-22)39(37,38)23-8-6-5-7-9-23/h5-15,17,26H,3-4,16,18-19H2,1-2H3,(H,32,36)/t26-/m0/s1. The number of nitrogens with one attached hydrogen (secondary N) is 1. The van der Waals surface area contributed by atoms with Gasteiger partial charge in [-0.25, -0.2) is 8.42 Å². The fourth-order valence-corrected chi connectivity index (χ4v) is 6.00. The SMILES string of the molecule is CCCNC(=O)[C@H](CC)N(Cc1ccc(Cl)c(Cl)c1)C(=O)CN(c1ccc(Br)cc1)S(=O)(=O)c1ccccc1. The number of amides is 2. The second kappa shape index (κ2) is 14.2. The van der Waals surface area contributed by atoms with Crippen LogP contribution in [0, 0.1) is 0 Å². The van der Waals surface area contributed by atoms with E-state index in [0.29, 0.717) is 34.3 Å². The first-order valence-electron chi connectivity index (χ1n) is 12.4. The van der Waals surface area contributed by atoms with Crippen molar-refractivity contribution in [1.29, 1.82) is 0 Å². The molecule has 1 N–H and O–H groups in total. The summed E-state index contributed by atoms with van der Waals surface area (Å²) in [7, 11) is -4.12. The maximum absolute atomic E-state index is 14.0. The van der Waals surface area contributed by atoms with Crippen molar-refractivity contribution in [2.75, 3.05) is 17.4 Å². The van der Waals surface area contributed by atoms with Gasteiger partial charge in [-0.15, -0.1) is 0 Å². The van der Waals surface area contributed by atoms with Crippen LogP contribution in [0.2, 0.25) is 10.0 Å². The second-order valence-electron chi connectivity index (χ2n) is 8.79. The molecule has 0 radical (unpaired) electrons. The predicted octanol–water partition coefficient (Wildman–Crippen LogP) is 6.28. The van der Waals surface area contributed by atoms with Crippen molar-refractivity contribution >= 4 is 66.7 Å². The molecule has 0 bridgehead atoms. The molecule has 0 heterocycles. The zero-order valence-corrected chi connectivity index (χ0v) is 25.5. The summed E-state index contributed by atoms with van der Waals surface area (Å²) in [6.45, 7) is 3.71. The molecule has 0 spiro atoms. The lowest BCUT2D eigenvalue weighted by Crippen LogP contribution is -2.52. The topological polar surface area (TPSA) is 86.8 Å². The number of rotatable bonds is 12. The summed E-state index contributed by atoms with van der Waals surface area (Å²) in [4.78, 5) is 28.5. The number of benzene rings is 3. The minimum atomic E-state index is -4.12. The van der Waals surface area contributed by atoms with Crippen LogP contribution in [0.25, 0.3) is 0 Å². The van der Waals surface area contributed by atoms with Crippen LogP contribution in [0.5, 0.6) is 0 Å². The van der Waals surface area contributed by atoms with Crippen molar-refractivity contribution in [3.05, 3.63) is 92.9 Å². The number of sulfonamides is 1. The van der Waals surface area contributed by atoms with Crippen LogP contribution in [-0.4, -0.2) is 44.3 Å². The summed E-state index contributed by atoms with van der Waals surface area (Å²) < 4.78 is 29.3. The van der Waals surface area contributed by atoms with Gasteiger partial charge in [0.2, 0.25) is 11.8 Å². The van der Waals surface area contributed by atoms with E-state index < -0.39 is 28.5 Å². The third kappa shape index (κ3) is 7.97. The molecule has 0 unspecified atom stereocenters. The fraction of sp³-hybridized carbons (Fsp3) is 0.286. The molecule has 7 nitrogen and oxygen atoms in total. The Kier molecular flexibility index (Phi) is 11.2. The number of hydrogen-bond donors (Lipinski definition) is 1. The molecule has 0 saturated heterocycles. The minimum absolute atomic E-state index is 0.0351. The van der Waals surface area contributed by atoms with E-state index in [1.165, 1.54) is 17.0 Å². The van der Waals surface area contributed by atoms with E-state index in [2.05, 4.69) is 21.2 Å². The lowest BCUT2D eigenvalue weighted by Gasteiger charge is -2.33. The molecule has 0 fully saturated rings. The molecule has 0 aromatic heterocycles. The Morgan fingerprint density at radius 1 is 0.949 bits per heavy atom. The maximum Gasteiger partial charge on any atom is 0.264 e. The molecule has 0 aliphatic heterocycles. The summed E-state index contributed by atoms with van der Waals surface area (Å²) in [5, 5.41) is 3.53. The maximum atomic E-state index is 14.0. The molecule has 208 valence electrons. The smallest absolute Gasteiger partial charge is 0.264 e. The van der Waals surface area contributed by atoms with Gasteiger partial charge < -0.3 is 10.2 Å². The Morgan fingerprint density at radius 3 is 2.21 bits per heavy atom. The van der Waals surface area contributed by atoms with Gasteiger partial charge in [0.1, 0.15) is 12.6 Å². The van der Waals surface area contributed by atoms with Gasteiger partial charge in [0.15, 0.2) is 0 Å². The summed E-state index contributed by atoms with van der Waals surface area (Å²) >= 11 is 15.7. The quantitative estimate of drug-likeness (QED) is 0.249. The van der Waals surface area contributed by atoms with Gasteiger partial charge in [0, 0.05) is 17.6 Å². The molecule has 0 aliphatic carbocycles. The van der Waals surface area contributed by atoms with E-state index >= 15 is 0 Å². The third-order valence-electron chi connectivity index (χ3n) is 6.00. The number of halogens is 3. The van der Waals surface area contributed by atoms with Crippen molar-refractivity contribution in [3.8, 4) is 0 Å². The highest BCUT2D eigenvalue weighted by atomic mass is 79.9. The lowest BCUT2D eigenvalue weighted by atomic mass is 10.1. The molecule has 0 saturated carbocycles. The Labute approximate surface area is 248 Å². The normalized spacial score (nSPS) is 12.0. The van der Waals surface area contributed by atoms with Gasteiger partial charge in [0.05, 0.1) is 20.6 Å². The monoisotopic (exact) mass is 653 g/mol. The zero-order valence-electron chi connectivity index (χ0n) is 21.6. The van der Waals surface area contributed by atoms with E-state index in [0.717, 1.165) is 15.2 Å². The number of carbonyl (C=O) groups is 2. The average Bonchev–Trinajstić information content (AvgIpc) is 2.93. The van der Waals surface area contributed by atoms with E-state index in [-0.39, 0.29) is 17.3 Å². The molecule has 0 aliphatic rings. The minimum Gasteiger partial charge on any atom is -0.354 e. The summed E-state index contributed by atoms with van der Waals surface area (Å²) in [5.41, 5.74) is 0.967. The van der Waals surface area contributed by atoms with Crippen LogP contribution in [0.3, 0.4) is 0 Å². The van der Waals surface area contributed by atoms with Crippen molar-refractivity contribution in [3.63, 3.8) is 0 Å². The number of hydrogen-bond acceptors (Lipinski definition) is 4. The van der Waals surface area contributed by atoms with Gasteiger partial charge in [-0.05, 0) is 66.9 Å². The highest BCUT2D eigenvalue weighted by Crippen LogP contribution is 2.27. The molecule has 39 heavy (non-hydrogen) atoms. The fourth-order valence-electron chi connectivity index (χ4n) is 3.98. The van der Waals surface area contributed by atoms with Crippen molar-refractivity contribution in [1.82, 2.24) is 10.2 Å². The van der Waals surface area contributed by atoms with Gasteiger partial charge in [0.25, 0.3) is 10.0 Å². The third-order valence-corrected chi connectivity index (χ3v) is 9.05. The molecular formula is C28H30BrCl2N3O4S. The number of carbonyl (C=O) groups excluding carboxylic acids is 2. The second-order valence-corrected chi connectivity index (χ2v) is 12.4. The first-order chi connectivity index (χ1) is 18.6. The average molecular weight is 655 g/mol. The Morgan fingerprint density at radius 2 is 1.62 bits per heavy atom. The highest BCUT2D eigenvalue weighted by molar-refractivity contribution is 9.10. The van der Waals surface area contributed by atoms with E-state index in [1.54, 1.807) is 67.6 Å². The van der Waals surface area contributed by atoms with E-state index in [9.17, 15) is 18.0 Å². The number of anilines is 1. The molecular weight excluding hydrogens is 625 g/mol. The van der Waals surface area contributed by atoms with Crippen molar-refractivity contribution in [2.45, 2.75) is 44.2 Å². The van der Waals surface area contributed by atoms with Crippen LogP contribution < -0.4 is 9.62 Å². The van der Waals surface area contributed by atoms with E-state index in [1.807, 2.05) is 6.92 Å². The van der Waals surface area contributed by atoms with Crippen LogP contribution in [0.4, 0.5) is 5.69 Å². The largest absolute Gasteiger partial charge is 0.354 e. The van der Waals surface area contributed by atoms with Crippen LogP contribution in [0.1, 0.15) is 32.3 Å². The molecule has 2 amide bonds. The predicted molar refractivity (Wildman–Crippen MR) is 160 cm³/mol. The Hall–Kier alpha value is -2.59. The summed E-state index contributed by atoms with van der Waals surface area (Å²) in [6, 6.07) is 18.7. The van der Waals surface area contributed by atoms with Gasteiger partial charge in [-0.3, -0.25) is 13.9 Å². The molecule has 3 aromatic carbocycles. The summed E-state index contributed by atoms with van der Waals surface area (Å²) in [6.07, 6.45) is 1.06. The van der Waals surface area contributed by atoms with E-state index in [4.69, 9.17) is 23.2 Å². The Balaban J connectivity index is 2.04. The van der Waals surface area contributed by atoms with Gasteiger partial charge >= 0.3 is 0 Å². The zero-order chi connectivity index (χ0) is 28.6. The van der Waals surface area contributed by atoms with Crippen LogP contribution in [-0.2, 0) is 26.2 Å². The highest BCUT2D eigenvalue weighted by Gasteiger charge is 2.33. The summed E-state index contributed by atoms with van der Waals surface area (Å²) in [5.74, 6) is -0.851. The first kappa shape index (κ1) is 30.9. The first-order valence-corrected chi connectivity index (χ1v) is 15.4. The van der Waals surface area contributed by atoms with Crippen LogP contribution >= 0.6 is 39.1 Å². The lowest BCUT2D eigenvalue weighted by molar-refractivity contribution is -0.140. The molecule has 11 heteroatoms. The Bertz CT molecular complexity index is 1390. The van der Waals surface area contributed by atoms with Crippen LogP contribution in [0.15, 0.2) is 82.2 Å². The molecule has 1 atom stereocenters. The van der Waals surface area contributed by atoms with Gasteiger partial charge in [-0.1, -0.05) is 77.2 Å². The number of nitrogens with zero attached hydrogens (tertiary/aromatic N) is 2. The molecule has 3 aromatic rings. The van der Waals surface area contributed by atoms with Gasteiger partial charge in [-0.2, -0.15) is 0 Å². The molecule has 3 rings (SSSR count).